The van der Waals surface area contributed by atoms with Crippen molar-refractivity contribution >= 4 is 22.0 Å². The number of hydrogen-bond acceptors (Lipinski definition) is 4. The molecule has 0 unspecified atom stereocenters. The molecule has 1 aromatic heterocycles. The number of aromatic nitrogens is 1. The molecular formula is C16H24BrN3O2. The number of amides is 1. The van der Waals surface area contributed by atoms with Gasteiger partial charge < -0.3 is 9.64 Å². The number of nitrogens with zero attached hydrogens (tertiary/aromatic N) is 3. The number of halogens is 1. The Morgan fingerprint density at radius 1 is 1.41 bits per heavy atom. The van der Waals surface area contributed by atoms with E-state index in [9.17, 15) is 4.79 Å². The van der Waals surface area contributed by atoms with Crippen molar-refractivity contribution in [2.24, 2.45) is 0 Å². The molecule has 0 N–H and O–H groups in total. The number of hydrogen-bond donors (Lipinski definition) is 0. The van der Waals surface area contributed by atoms with Crippen LogP contribution < -0.4 is 0 Å². The quantitative estimate of drug-likeness (QED) is 0.750. The molecule has 1 amide bonds. The molecule has 1 aromatic rings. The van der Waals surface area contributed by atoms with Crippen LogP contribution in [0.4, 0.5) is 4.79 Å². The van der Waals surface area contributed by atoms with Crippen LogP contribution in [0.1, 0.15) is 33.3 Å². The van der Waals surface area contributed by atoms with E-state index in [0.717, 1.165) is 17.7 Å². The van der Waals surface area contributed by atoms with Gasteiger partial charge in [-0.3, -0.25) is 4.90 Å². The SMILES string of the molecule is C[C@H]1CN(C(=O)OC(C)(C)C)CCN1Cc1ccc(Br)nc1. The summed E-state index contributed by atoms with van der Waals surface area (Å²) in [7, 11) is 0. The van der Waals surface area contributed by atoms with Crippen molar-refractivity contribution in [3.05, 3.63) is 28.5 Å². The summed E-state index contributed by atoms with van der Waals surface area (Å²) in [5.74, 6) is 0. The Morgan fingerprint density at radius 2 is 2.14 bits per heavy atom. The fourth-order valence-corrected chi connectivity index (χ4v) is 2.69. The fourth-order valence-electron chi connectivity index (χ4n) is 2.46. The van der Waals surface area contributed by atoms with Gasteiger partial charge in [0.25, 0.3) is 0 Å². The summed E-state index contributed by atoms with van der Waals surface area (Å²) in [5.41, 5.74) is 0.737. The smallest absolute Gasteiger partial charge is 0.410 e. The van der Waals surface area contributed by atoms with Crippen LogP contribution in [0.2, 0.25) is 0 Å². The summed E-state index contributed by atoms with van der Waals surface area (Å²) in [6.07, 6.45) is 1.67. The molecule has 1 aliphatic rings. The Kier molecular flexibility index (Phi) is 5.45. The summed E-state index contributed by atoms with van der Waals surface area (Å²) < 4.78 is 6.29. The third-order valence-electron chi connectivity index (χ3n) is 3.59. The lowest BCUT2D eigenvalue weighted by atomic mass is 10.1. The van der Waals surface area contributed by atoms with E-state index in [-0.39, 0.29) is 6.09 Å². The molecule has 0 radical (unpaired) electrons. The zero-order valence-electron chi connectivity index (χ0n) is 13.7. The molecule has 1 aliphatic heterocycles. The van der Waals surface area contributed by atoms with Crippen molar-refractivity contribution in [2.45, 2.75) is 45.9 Å². The van der Waals surface area contributed by atoms with Crippen LogP contribution in [0.3, 0.4) is 0 Å². The lowest BCUT2D eigenvalue weighted by Gasteiger charge is -2.40. The maximum Gasteiger partial charge on any atom is 0.410 e. The molecule has 1 atom stereocenters. The van der Waals surface area contributed by atoms with Crippen LogP contribution in [-0.2, 0) is 11.3 Å². The van der Waals surface area contributed by atoms with Gasteiger partial charge >= 0.3 is 6.09 Å². The summed E-state index contributed by atoms with van der Waals surface area (Å²) >= 11 is 3.35. The van der Waals surface area contributed by atoms with E-state index < -0.39 is 5.60 Å². The Morgan fingerprint density at radius 3 is 2.68 bits per heavy atom. The summed E-state index contributed by atoms with van der Waals surface area (Å²) in [6.45, 7) is 10.9. The van der Waals surface area contributed by atoms with Crippen molar-refractivity contribution in [2.75, 3.05) is 19.6 Å². The van der Waals surface area contributed by atoms with Crippen molar-refractivity contribution in [1.82, 2.24) is 14.8 Å². The Labute approximate surface area is 140 Å². The average Bonchev–Trinajstić information content (AvgIpc) is 2.41. The molecule has 122 valence electrons. The zero-order chi connectivity index (χ0) is 16.3. The van der Waals surface area contributed by atoms with Crippen molar-refractivity contribution in [3.63, 3.8) is 0 Å². The van der Waals surface area contributed by atoms with Gasteiger partial charge in [0.1, 0.15) is 10.2 Å². The van der Waals surface area contributed by atoms with Gasteiger partial charge in [0.2, 0.25) is 0 Å². The topological polar surface area (TPSA) is 45.7 Å². The maximum atomic E-state index is 12.1. The number of ether oxygens (including phenoxy) is 1. The fraction of sp³-hybridized carbons (Fsp3) is 0.625. The second-order valence-corrected chi connectivity index (χ2v) is 7.55. The number of carbonyl (C=O) groups is 1. The van der Waals surface area contributed by atoms with Gasteiger partial charge in [-0.05, 0) is 55.3 Å². The second-order valence-electron chi connectivity index (χ2n) is 6.74. The average molecular weight is 370 g/mol. The molecule has 0 aromatic carbocycles. The molecule has 5 nitrogen and oxygen atoms in total. The van der Waals surface area contributed by atoms with E-state index in [4.69, 9.17) is 4.74 Å². The number of pyridine rings is 1. The van der Waals surface area contributed by atoms with E-state index >= 15 is 0 Å². The first-order valence-corrected chi connectivity index (χ1v) is 8.36. The molecule has 22 heavy (non-hydrogen) atoms. The van der Waals surface area contributed by atoms with Crippen molar-refractivity contribution < 1.29 is 9.53 Å². The van der Waals surface area contributed by atoms with E-state index in [1.54, 1.807) is 4.90 Å². The highest BCUT2D eigenvalue weighted by atomic mass is 79.9. The van der Waals surface area contributed by atoms with Crippen LogP contribution in [0.15, 0.2) is 22.9 Å². The van der Waals surface area contributed by atoms with E-state index in [2.05, 4.69) is 38.8 Å². The van der Waals surface area contributed by atoms with E-state index in [0.29, 0.717) is 19.1 Å². The van der Waals surface area contributed by atoms with Crippen LogP contribution in [-0.4, -0.2) is 52.2 Å². The molecule has 0 bridgehead atoms. The summed E-state index contributed by atoms with van der Waals surface area (Å²) in [6, 6.07) is 4.32. The number of carbonyl (C=O) groups excluding carboxylic acids is 1. The maximum absolute atomic E-state index is 12.1. The highest BCUT2D eigenvalue weighted by Crippen LogP contribution is 2.17. The predicted molar refractivity (Wildman–Crippen MR) is 89.6 cm³/mol. The van der Waals surface area contributed by atoms with Crippen LogP contribution in [0, 0.1) is 0 Å². The van der Waals surface area contributed by atoms with Gasteiger partial charge in [0.05, 0.1) is 0 Å². The lowest BCUT2D eigenvalue weighted by Crippen LogP contribution is -2.54. The van der Waals surface area contributed by atoms with Crippen LogP contribution >= 0.6 is 15.9 Å². The molecular weight excluding hydrogens is 346 g/mol. The monoisotopic (exact) mass is 369 g/mol. The molecule has 2 heterocycles. The first-order chi connectivity index (χ1) is 10.2. The van der Waals surface area contributed by atoms with E-state index in [1.807, 2.05) is 33.0 Å². The predicted octanol–water partition coefficient (Wildman–Crippen LogP) is 3.29. The third-order valence-corrected chi connectivity index (χ3v) is 4.06. The first-order valence-electron chi connectivity index (χ1n) is 7.57. The standard InChI is InChI=1S/C16H24BrN3O2/c1-12-10-20(15(21)22-16(2,3)4)8-7-19(12)11-13-5-6-14(17)18-9-13/h5-6,9,12H,7-8,10-11H2,1-4H3/t12-/m0/s1. The Bertz CT molecular complexity index is 513. The number of rotatable bonds is 2. The first kappa shape index (κ1) is 17.2. The Hall–Kier alpha value is -1.14. The van der Waals surface area contributed by atoms with Crippen molar-refractivity contribution in [3.8, 4) is 0 Å². The molecule has 1 saturated heterocycles. The minimum atomic E-state index is -0.444. The lowest BCUT2D eigenvalue weighted by molar-refractivity contribution is 0.00460. The van der Waals surface area contributed by atoms with Crippen LogP contribution in [0.5, 0.6) is 0 Å². The third kappa shape index (κ3) is 4.95. The largest absolute Gasteiger partial charge is 0.444 e. The molecule has 6 heteroatoms. The van der Waals surface area contributed by atoms with Gasteiger partial charge in [-0.25, -0.2) is 9.78 Å². The molecule has 0 spiro atoms. The van der Waals surface area contributed by atoms with Gasteiger partial charge in [0.15, 0.2) is 0 Å². The zero-order valence-corrected chi connectivity index (χ0v) is 15.3. The Balaban J connectivity index is 1.90. The minimum Gasteiger partial charge on any atom is -0.444 e. The molecule has 1 fully saturated rings. The van der Waals surface area contributed by atoms with Gasteiger partial charge in [-0.15, -0.1) is 0 Å². The van der Waals surface area contributed by atoms with E-state index in [1.165, 1.54) is 5.56 Å². The summed E-state index contributed by atoms with van der Waals surface area (Å²) in [5, 5.41) is 0. The van der Waals surface area contributed by atoms with Gasteiger partial charge in [-0.2, -0.15) is 0 Å². The van der Waals surface area contributed by atoms with Crippen LogP contribution in [0.25, 0.3) is 0 Å². The molecule has 2 rings (SSSR count). The van der Waals surface area contributed by atoms with Gasteiger partial charge in [-0.1, -0.05) is 6.07 Å². The molecule has 0 aliphatic carbocycles. The highest BCUT2D eigenvalue weighted by molar-refractivity contribution is 9.10. The minimum absolute atomic E-state index is 0.218. The van der Waals surface area contributed by atoms with Crippen molar-refractivity contribution in [1.29, 1.82) is 0 Å². The highest BCUT2D eigenvalue weighted by Gasteiger charge is 2.29. The van der Waals surface area contributed by atoms with Gasteiger partial charge in [0, 0.05) is 38.4 Å². The second kappa shape index (κ2) is 6.96. The number of piperazine rings is 1. The molecule has 0 saturated carbocycles. The normalized spacial score (nSPS) is 20.0. The summed E-state index contributed by atoms with van der Waals surface area (Å²) in [4.78, 5) is 20.6.